The Kier molecular flexibility index (Phi) is 2.56. The van der Waals surface area contributed by atoms with Crippen LogP contribution in [-0.2, 0) is 5.41 Å². The quantitative estimate of drug-likeness (QED) is 0.877. The first-order valence-corrected chi connectivity index (χ1v) is 6.84. The maximum absolute atomic E-state index is 9.53. The van der Waals surface area contributed by atoms with Crippen LogP contribution in [0.5, 0.6) is 0 Å². The van der Waals surface area contributed by atoms with E-state index < -0.39 is 0 Å². The van der Waals surface area contributed by atoms with E-state index in [9.17, 15) is 5.11 Å². The van der Waals surface area contributed by atoms with E-state index in [1.807, 2.05) is 6.20 Å². The number of nitrogens with zero attached hydrogens (tertiary/aromatic N) is 1. The third-order valence-electron chi connectivity index (χ3n) is 3.80. The molecular formula is C13H16N2OS. The molecule has 4 heteroatoms. The number of aliphatic hydroxyl groups excluding tert-OH is 1. The van der Waals surface area contributed by atoms with E-state index in [-0.39, 0.29) is 12.0 Å². The number of nitrogens with one attached hydrogen (secondary N) is 1. The molecule has 3 rings (SSSR count). The van der Waals surface area contributed by atoms with Gasteiger partial charge in [-0.1, -0.05) is 6.42 Å². The molecule has 2 aromatic rings. The molecule has 1 fully saturated rings. The van der Waals surface area contributed by atoms with Gasteiger partial charge in [-0.25, -0.2) is 4.98 Å². The van der Waals surface area contributed by atoms with Crippen molar-refractivity contribution in [1.29, 1.82) is 0 Å². The zero-order valence-electron chi connectivity index (χ0n) is 9.86. The molecule has 2 N–H and O–H groups in total. The van der Waals surface area contributed by atoms with Crippen LogP contribution in [0.1, 0.15) is 30.7 Å². The van der Waals surface area contributed by atoms with E-state index in [0.717, 1.165) is 24.4 Å². The summed E-state index contributed by atoms with van der Waals surface area (Å²) in [5.74, 6) is 0.953. The van der Waals surface area contributed by atoms with Crippen LogP contribution in [0.2, 0.25) is 0 Å². The average Bonchev–Trinajstić information content (AvgIpc) is 2.86. The molecule has 1 saturated carbocycles. The summed E-state index contributed by atoms with van der Waals surface area (Å²) in [6.07, 6.45) is 5.16. The molecule has 0 saturated heterocycles. The Morgan fingerprint density at radius 3 is 2.88 bits per heavy atom. The van der Waals surface area contributed by atoms with Gasteiger partial charge in [-0.15, -0.1) is 11.3 Å². The van der Waals surface area contributed by atoms with Gasteiger partial charge in [0.05, 0.1) is 28.8 Å². The highest BCUT2D eigenvalue weighted by molar-refractivity contribution is 7.13. The molecule has 0 radical (unpaired) electrons. The smallest absolute Gasteiger partial charge is 0.115 e. The molecule has 1 aliphatic rings. The lowest BCUT2D eigenvalue weighted by Gasteiger charge is -2.38. The monoisotopic (exact) mass is 248 g/mol. The summed E-state index contributed by atoms with van der Waals surface area (Å²) < 4.78 is 0. The van der Waals surface area contributed by atoms with E-state index in [0.29, 0.717) is 0 Å². The van der Waals surface area contributed by atoms with Crippen LogP contribution in [0.25, 0.3) is 10.6 Å². The van der Waals surface area contributed by atoms with E-state index in [1.165, 1.54) is 16.9 Å². The van der Waals surface area contributed by atoms with Crippen molar-refractivity contribution < 1.29 is 5.11 Å². The van der Waals surface area contributed by atoms with Crippen molar-refractivity contribution in [3.8, 4) is 10.6 Å². The molecule has 0 aliphatic heterocycles. The molecule has 0 bridgehead atoms. The van der Waals surface area contributed by atoms with E-state index in [1.54, 1.807) is 11.3 Å². The lowest BCUT2D eigenvalue weighted by Crippen LogP contribution is -2.39. The minimum absolute atomic E-state index is 0.0938. The van der Waals surface area contributed by atoms with Crippen LogP contribution < -0.4 is 0 Å². The number of aromatic nitrogens is 2. The highest BCUT2D eigenvalue weighted by atomic mass is 32.1. The number of hydrogen-bond acceptors (Lipinski definition) is 3. The number of rotatable bonds is 3. The Hall–Kier alpha value is -1.13. The zero-order valence-corrected chi connectivity index (χ0v) is 10.7. The SMILES string of the molecule is Cc1ccsc1-c1cnc(C2(CO)CCC2)[nH]1. The molecule has 2 aromatic heterocycles. The Morgan fingerprint density at radius 1 is 1.53 bits per heavy atom. The first-order valence-electron chi connectivity index (χ1n) is 5.96. The third kappa shape index (κ3) is 1.63. The number of aliphatic hydroxyl groups is 1. The summed E-state index contributed by atoms with van der Waals surface area (Å²) in [4.78, 5) is 9.11. The number of aryl methyl sites for hydroxylation is 1. The molecule has 0 spiro atoms. The van der Waals surface area contributed by atoms with Crippen LogP contribution in [0.3, 0.4) is 0 Å². The second-order valence-electron chi connectivity index (χ2n) is 4.87. The summed E-state index contributed by atoms with van der Waals surface area (Å²) in [5, 5.41) is 11.6. The van der Waals surface area contributed by atoms with Gasteiger partial charge < -0.3 is 10.1 Å². The van der Waals surface area contributed by atoms with Crippen molar-refractivity contribution in [2.75, 3.05) is 6.61 Å². The molecule has 0 amide bonds. The number of aromatic amines is 1. The molecule has 0 aromatic carbocycles. The summed E-state index contributed by atoms with van der Waals surface area (Å²) in [7, 11) is 0. The van der Waals surface area contributed by atoms with Gasteiger partial charge in [-0.05, 0) is 36.8 Å². The lowest BCUT2D eigenvalue weighted by atomic mass is 9.69. The molecule has 2 heterocycles. The highest BCUT2D eigenvalue weighted by Crippen LogP contribution is 2.42. The molecule has 1 aliphatic carbocycles. The average molecular weight is 248 g/mol. The van der Waals surface area contributed by atoms with Gasteiger partial charge >= 0.3 is 0 Å². The van der Waals surface area contributed by atoms with Crippen LogP contribution in [0.15, 0.2) is 17.6 Å². The van der Waals surface area contributed by atoms with Crippen molar-refractivity contribution in [1.82, 2.24) is 9.97 Å². The Labute approximate surface area is 105 Å². The molecule has 3 nitrogen and oxygen atoms in total. The van der Waals surface area contributed by atoms with E-state index in [2.05, 4.69) is 28.3 Å². The summed E-state index contributed by atoms with van der Waals surface area (Å²) in [5.41, 5.74) is 2.26. The van der Waals surface area contributed by atoms with E-state index in [4.69, 9.17) is 0 Å². The van der Waals surface area contributed by atoms with Crippen molar-refractivity contribution in [2.45, 2.75) is 31.6 Å². The van der Waals surface area contributed by atoms with Gasteiger partial charge in [0.2, 0.25) is 0 Å². The maximum Gasteiger partial charge on any atom is 0.115 e. The van der Waals surface area contributed by atoms with Gasteiger partial charge in [0.1, 0.15) is 5.82 Å². The lowest BCUT2D eigenvalue weighted by molar-refractivity contribution is 0.113. The molecular weight excluding hydrogens is 232 g/mol. The molecule has 17 heavy (non-hydrogen) atoms. The van der Waals surface area contributed by atoms with Crippen molar-refractivity contribution in [3.63, 3.8) is 0 Å². The molecule has 90 valence electrons. The summed E-state index contributed by atoms with van der Waals surface area (Å²) in [6, 6.07) is 2.12. The fourth-order valence-corrected chi connectivity index (χ4v) is 3.32. The van der Waals surface area contributed by atoms with Gasteiger partial charge in [0, 0.05) is 0 Å². The van der Waals surface area contributed by atoms with Crippen molar-refractivity contribution in [3.05, 3.63) is 29.0 Å². The van der Waals surface area contributed by atoms with E-state index >= 15 is 0 Å². The first kappa shape index (κ1) is 11.0. The fraction of sp³-hybridized carbons (Fsp3) is 0.462. The van der Waals surface area contributed by atoms with Crippen LogP contribution >= 0.6 is 11.3 Å². The largest absolute Gasteiger partial charge is 0.395 e. The van der Waals surface area contributed by atoms with Crippen molar-refractivity contribution in [2.24, 2.45) is 0 Å². The van der Waals surface area contributed by atoms with Gasteiger partial charge in [0.15, 0.2) is 0 Å². The predicted molar refractivity (Wildman–Crippen MR) is 69.3 cm³/mol. The minimum Gasteiger partial charge on any atom is -0.395 e. The normalized spacial score (nSPS) is 18.0. The number of hydrogen-bond donors (Lipinski definition) is 2. The summed E-state index contributed by atoms with van der Waals surface area (Å²) >= 11 is 1.73. The number of H-pyrrole nitrogens is 1. The Morgan fingerprint density at radius 2 is 2.35 bits per heavy atom. The molecule has 0 unspecified atom stereocenters. The second-order valence-corrected chi connectivity index (χ2v) is 5.79. The Bertz CT molecular complexity index is 520. The van der Waals surface area contributed by atoms with Gasteiger partial charge in [-0.3, -0.25) is 0 Å². The molecule has 0 atom stereocenters. The Balaban J connectivity index is 1.96. The second kappa shape index (κ2) is 3.96. The minimum atomic E-state index is -0.0938. The summed E-state index contributed by atoms with van der Waals surface area (Å²) in [6.45, 7) is 2.31. The van der Waals surface area contributed by atoms with Crippen LogP contribution in [-0.4, -0.2) is 21.7 Å². The predicted octanol–water partition coefficient (Wildman–Crippen LogP) is 2.86. The number of imidazole rings is 1. The van der Waals surface area contributed by atoms with Crippen molar-refractivity contribution >= 4 is 11.3 Å². The standard InChI is InChI=1S/C13H16N2OS/c1-9-3-6-17-11(9)10-7-14-12(15-10)13(8-16)4-2-5-13/h3,6-7,16H,2,4-5,8H2,1H3,(H,14,15). The number of thiophene rings is 1. The highest BCUT2D eigenvalue weighted by Gasteiger charge is 2.40. The third-order valence-corrected chi connectivity index (χ3v) is 4.85. The maximum atomic E-state index is 9.53. The van der Waals surface area contributed by atoms with Crippen LogP contribution in [0.4, 0.5) is 0 Å². The van der Waals surface area contributed by atoms with Gasteiger partial charge in [-0.2, -0.15) is 0 Å². The first-order chi connectivity index (χ1) is 8.25. The van der Waals surface area contributed by atoms with Crippen LogP contribution in [0, 0.1) is 6.92 Å². The van der Waals surface area contributed by atoms with Gasteiger partial charge in [0.25, 0.3) is 0 Å². The zero-order chi connectivity index (χ0) is 11.9. The topological polar surface area (TPSA) is 48.9 Å². The fourth-order valence-electron chi connectivity index (χ4n) is 2.43.